The minimum absolute atomic E-state index is 0.163. The Morgan fingerprint density at radius 1 is 1.11 bits per heavy atom. The van der Waals surface area contributed by atoms with Gasteiger partial charge in [-0.15, -0.1) is 0 Å². The lowest BCUT2D eigenvalue weighted by Crippen LogP contribution is -2.41. The standard InChI is InChI=1S/C22H32N4O2/c1-23-21(26-13-9-22(16-26)10-14-28-17-22)24-15-18-5-7-19(8-6-18)20(27)25-11-3-2-4-12-25/h5-8H,2-4,9-17H2,1H3,(H,23,24). The molecule has 0 saturated carbocycles. The third-order valence-corrected chi connectivity index (χ3v) is 6.43. The van der Waals surface area contributed by atoms with Gasteiger partial charge >= 0.3 is 0 Å². The van der Waals surface area contributed by atoms with Crippen molar-refractivity contribution in [3.8, 4) is 0 Å². The maximum atomic E-state index is 12.6. The first-order chi connectivity index (χ1) is 13.7. The molecule has 3 saturated heterocycles. The Bertz CT molecular complexity index is 704. The van der Waals surface area contributed by atoms with Crippen LogP contribution in [0.15, 0.2) is 29.3 Å². The van der Waals surface area contributed by atoms with Crippen LogP contribution >= 0.6 is 0 Å². The van der Waals surface area contributed by atoms with Gasteiger partial charge in [0.1, 0.15) is 0 Å². The number of piperidine rings is 1. The minimum atomic E-state index is 0.163. The number of benzene rings is 1. The molecule has 0 radical (unpaired) electrons. The van der Waals surface area contributed by atoms with Gasteiger partial charge in [0, 0.05) is 57.4 Å². The van der Waals surface area contributed by atoms with Crippen LogP contribution in [0.2, 0.25) is 0 Å². The van der Waals surface area contributed by atoms with Crippen molar-refractivity contribution in [3.63, 3.8) is 0 Å². The number of likely N-dealkylation sites (tertiary alicyclic amines) is 2. The van der Waals surface area contributed by atoms with E-state index < -0.39 is 0 Å². The average molecular weight is 385 g/mol. The molecule has 0 bridgehead atoms. The summed E-state index contributed by atoms with van der Waals surface area (Å²) in [5.41, 5.74) is 2.28. The summed E-state index contributed by atoms with van der Waals surface area (Å²) in [5.74, 6) is 1.12. The Balaban J connectivity index is 1.31. The molecule has 6 nitrogen and oxygen atoms in total. The highest BCUT2D eigenvalue weighted by Crippen LogP contribution is 2.38. The van der Waals surface area contributed by atoms with E-state index in [-0.39, 0.29) is 5.91 Å². The third kappa shape index (κ3) is 4.17. The summed E-state index contributed by atoms with van der Waals surface area (Å²) in [5, 5.41) is 3.49. The van der Waals surface area contributed by atoms with Crippen LogP contribution < -0.4 is 5.32 Å². The lowest BCUT2D eigenvalue weighted by Gasteiger charge is -2.27. The summed E-state index contributed by atoms with van der Waals surface area (Å²) in [4.78, 5) is 21.4. The quantitative estimate of drug-likeness (QED) is 0.643. The number of amides is 1. The zero-order valence-electron chi connectivity index (χ0n) is 17.0. The zero-order chi connectivity index (χ0) is 19.4. The molecule has 152 valence electrons. The second kappa shape index (κ2) is 8.52. The fourth-order valence-electron chi connectivity index (χ4n) is 4.65. The molecule has 4 rings (SSSR count). The van der Waals surface area contributed by atoms with Crippen molar-refractivity contribution in [1.29, 1.82) is 0 Å². The average Bonchev–Trinajstić information content (AvgIpc) is 3.39. The van der Waals surface area contributed by atoms with Crippen molar-refractivity contribution < 1.29 is 9.53 Å². The highest BCUT2D eigenvalue weighted by molar-refractivity contribution is 5.94. The topological polar surface area (TPSA) is 57.2 Å². The summed E-state index contributed by atoms with van der Waals surface area (Å²) in [7, 11) is 1.85. The number of hydrogen-bond donors (Lipinski definition) is 1. The molecule has 3 aliphatic rings. The highest BCUT2D eigenvalue weighted by Gasteiger charge is 2.42. The Morgan fingerprint density at radius 2 is 1.89 bits per heavy atom. The molecule has 3 heterocycles. The normalized spacial score (nSPS) is 25.5. The van der Waals surface area contributed by atoms with Crippen molar-refractivity contribution in [1.82, 2.24) is 15.1 Å². The molecule has 1 unspecified atom stereocenters. The summed E-state index contributed by atoms with van der Waals surface area (Å²) >= 11 is 0. The zero-order valence-corrected chi connectivity index (χ0v) is 17.0. The number of carbonyl (C=O) groups is 1. The van der Waals surface area contributed by atoms with Crippen LogP contribution in [0.1, 0.15) is 48.0 Å². The number of rotatable bonds is 3. The van der Waals surface area contributed by atoms with Crippen molar-refractivity contribution in [3.05, 3.63) is 35.4 Å². The van der Waals surface area contributed by atoms with E-state index in [1.807, 2.05) is 36.2 Å². The van der Waals surface area contributed by atoms with Gasteiger partial charge < -0.3 is 19.9 Å². The van der Waals surface area contributed by atoms with E-state index in [2.05, 4.69) is 15.2 Å². The van der Waals surface area contributed by atoms with Gasteiger partial charge in [0.2, 0.25) is 0 Å². The predicted octanol–water partition coefficient (Wildman–Crippen LogP) is 2.50. The molecular formula is C22H32N4O2. The molecule has 3 aliphatic heterocycles. The molecule has 1 amide bonds. The van der Waals surface area contributed by atoms with Crippen LogP contribution in [0.5, 0.6) is 0 Å². The number of aliphatic imine (C=N–C) groups is 1. The van der Waals surface area contributed by atoms with Crippen LogP contribution in [0.3, 0.4) is 0 Å². The summed E-state index contributed by atoms with van der Waals surface area (Å²) in [6.45, 7) is 6.32. The Morgan fingerprint density at radius 3 is 2.57 bits per heavy atom. The largest absolute Gasteiger partial charge is 0.381 e. The second-order valence-corrected chi connectivity index (χ2v) is 8.42. The van der Waals surface area contributed by atoms with Gasteiger partial charge in [0.05, 0.1) is 6.61 Å². The van der Waals surface area contributed by atoms with E-state index in [9.17, 15) is 4.79 Å². The molecule has 3 fully saturated rings. The number of ether oxygens (including phenoxy) is 1. The van der Waals surface area contributed by atoms with Crippen LogP contribution in [0, 0.1) is 5.41 Å². The first kappa shape index (κ1) is 19.2. The third-order valence-electron chi connectivity index (χ3n) is 6.43. The van der Waals surface area contributed by atoms with Crippen LogP contribution in [0.4, 0.5) is 0 Å². The van der Waals surface area contributed by atoms with Crippen molar-refractivity contribution in [2.45, 2.75) is 38.6 Å². The minimum Gasteiger partial charge on any atom is -0.381 e. The van der Waals surface area contributed by atoms with Gasteiger partial charge in [-0.05, 0) is 49.8 Å². The van der Waals surface area contributed by atoms with Gasteiger partial charge in [-0.1, -0.05) is 12.1 Å². The van der Waals surface area contributed by atoms with E-state index in [0.29, 0.717) is 12.0 Å². The summed E-state index contributed by atoms with van der Waals surface area (Å²) in [6, 6.07) is 8.01. The predicted molar refractivity (Wildman–Crippen MR) is 110 cm³/mol. The number of nitrogens with one attached hydrogen (secondary N) is 1. The fourth-order valence-corrected chi connectivity index (χ4v) is 4.65. The number of hydrogen-bond acceptors (Lipinski definition) is 3. The molecule has 1 aromatic rings. The maximum Gasteiger partial charge on any atom is 0.253 e. The van der Waals surface area contributed by atoms with Gasteiger partial charge in [-0.25, -0.2) is 0 Å². The van der Waals surface area contributed by atoms with Crippen molar-refractivity contribution >= 4 is 11.9 Å². The molecular weight excluding hydrogens is 352 g/mol. The lowest BCUT2D eigenvalue weighted by molar-refractivity contribution is 0.0724. The molecule has 1 atom stereocenters. The molecule has 1 N–H and O–H groups in total. The SMILES string of the molecule is CN=C(NCc1ccc(C(=O)N2CCCCC2)cc1)N1CCC2(CCOC2)C1. The van der Waals surface area contributed by atoms with E-state index in [1.54, 1.807) is 0 Å². The van der Waals surface area contributed by atoms with E-state index >= 15 is 0 Å². The monoisotopic (exact) mass is 384 g/mol. The highest BCUT2D eigenvalue weighted by atomic mass is 16.5. The van der Waals surface area contributed by atoms with Gasteiger partial charge in [-0.2, -0.15) is 0 Å². The first-order valence-electron chi connectivity index (χ1n) is 10.6. The van der Waals surface area contributed by atoms with Gasteiger partial charge in [-0.3, -0.25) is 9.79 Å². The smallest absolute Gasteiger partial charge is 0.253 e. The number of carbonyl (C=O) groups excluding carboxylic acids is 1. The summed E-state index contributed by atoms with van der Waals surface area (Å²) < 4.78 is 5.63. The van der Waals surface area contributed by atoms with Crippen LogP contribution in [0.25, 0.3) is 0 Å². The van der Waals surface area contributed by atoms with Crippen LogP contribution in [-0.4, -0.2) is 68.1 Å². The summed E-state index contributed by atoms with van der Waals surface area (Å²) in [6.07, 6.45) is 5.82. The molecule has 1 aromatic carbocycles. The molecule has 6 heteroatoms. The molecule has 1 spiro atoms. The van der Waals surface area contributed by atoms with Crippen molar-refractivity contribution in [2.24, 2.45) is 10.4 Å². The Kier molecular flexibility index (Phi) is 5.85. The van der Waals surface area contributed by atoms with Gasteiger partial charge in [0.15, 0.2) is 5.96 Å². The maximum absolute atomic E-state index is 12.6. The van der Waals surface area contributed by atoms with Gasteiger partial charge in [0.25, 0.3) is 5.91 Å². The molecule has 0 aromatic heterocycles. The van der Waals surface area contributed by atoms with E-state index in [1.165, 1.54) is 12.8 Å². The Hall–Kier alpha value is -2.08. The number of nitrogens with zero attached hydrogens (tertiary/aromatic N) is 3. The molecule has 0 aliphatic carbocycles. The van der Waals surface area contributed by atoms with E-state index in [4.69, 9.17) is 4.74 Å². The Labute approximate surface area is 167 Å². The fraction of sp³-hybridized carbons (Fsp3) is 0.636. The van der Waals surface area contributed by atoms with Crippen LogP contribution in [-0.2, 0) is 11.3 Å². The lowest BCUT2D eigenvalue weighted by atomic mass is 9.87. The number of guanidine groups is 1. The second-order valence-electron chi connectivity index (χ2n) is 8.42. The first-order valence-corrected chi connectivity index (χ1v) is 10.6. The van der Waals surface area contributed by atoms with E-state index in [0.717, 1.165) is 75.7 Å². The van der Waals surface area contributed by atoms with Crippen molar-refractivity contribution in [2.75, 3.05) is 46.4 Å². The molecule has 28 heavy (non-hydrogen) atoms.